The summed E-state index contributed by atoms with van der Waals surface area (Å²) in [6.45, 7) is 1.79. The Labute approximate surface area is 76.2 Å². The molecule has 2 N–H and O–H groups in total. The molecule has 0 unspecified atom stereocenters. The molecule has 0 aliphatic heterocycles. The number of nitrogen functional groups attached to an aromatic ring is 1. The Bertz CT molecular complexity index is 373. The topological polar surface area (TPSA) is 68.9 Å². The third-order valence-electron chi connectivity index (χ3n) is 2.26. The van der Waals surface area contributed by atoms with Crippen molar-refractivity contribution < 1.29 is 4.79 Å². The maximum atomic E-state index is 11.1. The van der Waals surface area contributed by atoms with Crippen LogP contribution in [0.5, 0.6) is 0 Å². The number of ketones is 1. The van der Waals surface area contributed by atoms with Crippen molar-refractivity contribution in [2.24, 2.45) is 0 Å². The molecular formula is C9H11N3O. The van der Waals surface area contributed by atoms with Crippen LogP contribution in [0.25, 0.3) is 0 Å². The molecule has 0 aromatic carbocycles. The summed E-state index contributed by atoms with van der Waals surface area (Å²) in [5.74, 6) is 1.42. The number of Topliss-reactive ketones (excluding diaryl/α,β-unsaturated/α-hetero) is 1. The van der Waals surface area contributed by atoms with E-state index >= 15 is 0 Å². The Kier molecular flexibility index (Phi) is 1.76. The van der Waals surface area contributed by atoms with E-state index in [0.717, 1.165) is 11.3 Å². The molecule has 0 saturated heterocycles. The van der Waals surface area contributed by atoms with Gasteiger partial charge in [-0.25, -0.2) is 9.97 Å². The Morgan fingerprint density at radius 3 is 2.85 bits per heavy atom. The minimum absolute atomic E-state index is 0.241. The molecule has 1 aliphatic rings. The van der Waals surface area contributed by atoms with E-state index < -0.39 is 0 Å². The predicted octanol–water partition coefficient (Wildman–Crippen LogP) is 0.425. The third-order valence-corrected chi connectivity index (χ3v) is 2.26. The van der Waals surface area contributed by atoms with Gasteiger partial charge in [0.2, 0.25) is 0 Å². The number of fused-ring (bicyclic) bond motifs is 1. The van der Waals surface area contributed by atoms with E-state index in [0.29, 0.717) is 30.9 Å². The highest BCUT2D eigenvalue weighted by Crippen LogP contribution is 2.21. The van der Waals surface area contributed by atoms with Crippen molar-refractivity contribution >= 4 is 11.6 Å². The summed E-state index contributed by atoms with van der Waals surface area (Å²) < 4.78 is 0. The fraction of sp³-hybridized carbons (Fsp3) is 0.444. The molecule has 0 bridgehead atoms. The Morgan fingerprint density at radius 1 is 1.31 bits per heavy atom. The van der Waals surface area contributed by atoms with Crippen molar-refractivity contribution in [2.75, 3.05) is 5.73 Å². The van der Waals surface area contributed by atoms with Crippen LogP contribution in [0.4, 0.5) is 5.82 Å². The van der Waals surface area contributed by atoms with Gasteiger partial charge in [-0.05, 0) is 13.3 Å². The number of rotatable bonds is 0. The molecule has 4 heteroatoms. The molecule has 1 aromatic rings. The Balaban J connectivity index is 2.53. The van der Waals surface area contributed by atoms with Crippen LogP contribution in [0.2, 0.25) is 0 Å². The molecule has 0 saturated carbocycles. The summed E-state index contributed by atoms with van der Waals surface area (Å²) in [6.07, 6.45) is 1.69. The molecule has 1 aromatic heterocycles. The van der Waals surface area contributed by atoms with E-state index in [4.69, 9.17) is 5.73 Å². The molecule has 0 fully saturated rings. The van der Waals surface area contributed by atoms with Gasteiger partial charge in [0.1, 0.15) is 17.4 Å². The highest BCUT2D eigenvalue weighted by Gasteiger charge is 2.19. The Morgan fingerprint density at radius 2 is 2.08 bits per heavy atom. The summed E-state index contributed by atoms with van der Waals surface area (Å²) in [6, 6.07) is 0. The normalized spacial score (nSPS) is 15.6. The summed E-state index contributed by atoms with van der Waals surface area (Å²) in [7, 11) is 0. The minimum atomic E-state index is 0.241. The van der Waals surface area contributed by atoms with Gasteiger partial charge in [0.05, 0.1) is 5.69 Å². The molecule has 1 aliphatic carbocycles. The van der Waals surface area contributed by atoms with Crippen LogP contribution in [0.15, 0.2) is 0 Å². The van der Waals surface area contributed by atoms with E-state index in [1.807, 2.05) is 0 Å². The maximum Gasteiger partial charge on any atom is 0.139 e. The SMILES string of the molecule is Cc1nc(N)c2c(n1)CC(=O)CC2. The van der Waals surface area contributed by atoms with Crippen LogP contribution >= 0.6 is 0 Å². The van der Waals surface area contributed by atoms with E-state index in [9.17, 15) is 4.79 Å². The highest BCUT2D eigenvalue weighted by molar-refractivity contribution is 5.83. The van der Waals surface area contributed by atoms with Gasteiger partial charge in [-0.2, -0.15) is 0 Å². The molecule has 4 nitrogen and oxygen atoms in total. The minimum Gasteiger partial charge on any atom is -0.383 e. The van der Waals surface area contributed by atoms with Crippen LogP contribution in [0.1, 0.15) is 23.5 Å². The fourth-order valence-corrected chi connectivity index (χ4v) is 1.64. The number of carbonyl (C=O) groups excluding carboxylic acids is 1. The number of hydrogen-bond donors (Lipinski definition) is 1. The molecule has 2 rings (SSSR count). The van der Waals surface area contributed by atoms with Crippen LogP contribution in [-0.2, 0) is 17.6 Å². The van der Waals surface area contributed by atoms with Gasteiger partial charge in [-0.1, -0.05) is 0 Å². The number of nitrogens with two attached hydrogens (primary N) is 1. The van der Waals surface area contributed by atoms with E-state index in [1.54, 1.807) is 6.92 Å². The average molecular weight is 177 g/mol. The molecule has 0 atom stereocenters. The third kappa shape index (κ3) is 1.39. The molecule has 0 amide bonds. The zero-order valence-electron chi connectivity index (χ0n) is 7.50. The number of aromatic nitrogens is 2. The molecule has 1 heterocycles. The van der Waals surface area contributed by atoms with Gasteiger partial charge in [0, 0.05) is 18.4 Å². The lowest BCUT2D eigenvalue weighted by Gasteiger charge is -2.15. The molecule has 68 valence electrons. The first kappa shape index (κ1) is 8.16. The van der Waals surface area contributed by atoms with Gasteiger partial charge in [-0.3, -0.25) is 4.79 Å². The lowest BCUT2D eigenvalue weighted by Crippen LogP contribution is -2.18. The quantitative estimate of drug-likeness (QED) is 0.623. The van der Waals surface area contributed by atoms with Crippen LogP contribution in [0, 0.1) is 6.92 Å². The second-order valence-corrected chi connectivity index (χ2v) is 3.30. The zero-order valence-corrected chi connectivity index (χ0v) is 7.50. The van der Waals surface area contributed by atoms with Gasteiger partial charge >= 0.3 is 0 Å². The van der Waals surface area contributed by atoms with Crippen LogP contribution < -0.4 is 5.73 Å². The lowest BCUT2D eigenvalue weighted by molar-refractivity contribution is -0.118. The summed E-state index contributed by atoms with van der Waals surface area (Å²) >= 11 is 0. The molecular weight excluding hydrogens is 166 g/mol. The standard InChI is InChI=1S/C9H11N3O/c1-5-11-8-4-6(13)2-3-7(8)9(10)12-5/h2-4H2,1H3,(H2,10,11,12). The molecule has 13 heavy (non-hydrogen) atoms. The monoisotopic (exact) mass is 177 g/mol. The van der Waals surface area contributed by atoms with E-state index in [2.05, 4.69) is 9.97 Å². The van der Waals surface area contributed by atoms with Gasteiger partial charge < -0.3 is 5.73 Å². The largest absolute Gasteiger partial charge is 0.383 e. The summed E-state index contributed by atoms with van der Waals surface area (Å²) in [5.41, 5.74) is 7.51. The lowest BCUT2D eigenvalue weighted by atomic mass is 9.95. The predicted molar refractivity (Wildman–Crippen MR) is 48.2 cm³/mol. The number of aryl methyl sites for hydroxylation is 1. The Hall–Kier alpha value is -1.45. The number of carbonyl (C=O) groups is 1. The number of anilines is 1. The zero-order chi connectivity index (χ0) is 9.42. The van der Waals surface area contributed by atoms with Crippen molar-refractivity contribution in [3.63, 3.8) is 0 Å². The first-order chi connectivity index (χ1) is 6.16. The van der Waals surface area contributed by atoms with Gasteiger partial charge in [0.15, 0.2) is 0 Å². The molecule has 0 radical (unpaired) electrons. The smallest absolute Gasteiger partial charge is 0.139 e. The first-order valence-corrected chi connectivity index (χ1v) is 4.30. The van der Waals surface area contributed by atoms with Crippen molar-refractivity contribution in [3.8, 4) is 0 Å². The highest BCUT2D eigenvalue weighted by atomic mass is 16.1. The molecule has 0 spiro atoms. The van der Waals surface area contributed by atoms with Crippen molar-refractivity contribution in [3.05, 3.63) is 17.1 Å². The van der Waals surface area contributed by atoms with Crippen LogP contribution in [0.3, 0.4) is 0 Å². The van der Waals surface area contributed by atoms with Crippen molar-refractivity contribution in [1.82, 2.24) is 9.97 Å². The number of hydrogen-bond acceptors (Lipinski definition) is 4. The van der Waals surface area contributed by atoms with Gasteiger partial charge in [0.25, 0.3) is 0 Å². The van der Waals surface area contributed by atoms with Crippen molar-refractivity contribution in [1.29, 1.82) is 0 Å². The fourth-order valence-electron chi connectivity index (χ4n) is 1.64. The maximum absolute atomic E-state index is 11.1. The van der Waals surface area contributed by atoms with E-state index in [-0.39, 0.29) is 5.78 Å². The summed E-state index contributed by atoms with van der Waals surface area (Å²) in [5, 5.41) is 0. The first-order valence-electron chi connectivity index (χ1n) is 4.30. The van der Waals surface area contributed by atoms with E-state index in [1.165, 1.54) is 0 Å². The van der Waals surface area contributed by atoms with Crippen molar-refractivity contribution in [2.45, 2.75) is 26.2 Å². The second-order valence-electron chi connectivity index (χ2n) is 3.30. The number of nitrogens with zero attached hydrogens (tertiary/aromatic N) is 2. The van der Waals surface area contributed by atoms with Crippen LogP contribution in [-0.4, -0.2) is 15.8 Å². The second kappa shape index (κ2) is 2.80. The van der Waals surface area contributed by atoms with Gasteiger partial charge in [-0.15, -0.1) is 0 Å². The summed E-state index contributed by atoms with van der Waals surface area (Å²) in [4.78, 5) is 19.4. The average Bonchev–Trinajstić information content (AvgIpc) is 2.02.